The highest BCUT2D eigenvalue weighted by molar-refractivity contribution is 6.06. The standard InChI is InChI=1S/C10H10N4O/c1-7-3-5-8(6-4-7)9(15)10-11-12-13-14(10)2/h3-6H,1-2H3. The molecule has 0 amide bonds. The van der Waals surface area contributed by atoms with E-state index in [2.05, 4.69) is 15.5 Å². The quantitative estimate of drug-likeness (QED) is 0.674. The van der Waals surface area contributed by atoms with E-state index < -0.39 is 0 Å². The molecule has 2 rings (SSSR count). The third-order valence-corrected chi connectivity index (χ3v) is 2.14. The second-order valence-corrected chi connectivity index (χ2v) is 3.32. The monoisotopic (exact) mass is 202 g/mol. The maximum Gasteiger partial charge on any atom is 0.231 e. The van der Waals surface area contributed by atoms with Gasteiger partial charge in [-0.05, 0) is 17.4 Å². The first-order valence-electron chi connectivity index (χ1n) is 4.52. The molecule has 1 heterocycles. The Morgan fingerprint density at radius 3 is 2.47 bits per heavy atom. The lowest BCUT2D eigenvalue weighted by molar-refractivity contribution is 0.102. The molecule has 0 unspecified atom stereocenters. The summed E-state index contributed by atoms with van der Waals surface area (Å²) in [6, 6.07) is 7.31. The fourth-order valence-electron chi connectivity index (χ4n) is 1.26. The minimum absolute atomic E-state index is 0.164. The largest absolute Gasteiger partial charge is 0.285 e. The first-order valence-corrected chi connectivity index (χ1v) is 4.52. The van der Waals surface area contributed by atoms with Gasteiger partial charge in [-0.15, -0.1) is 5.10 Å². The lowest BCUT2D eigenvalue weighted by Gasteiger charge is -1.99. The van der Waals surface area contributed by atoms with E-state index in [1.165, 1.54) is 4.68 Å². The minimum Gasteiger partial charge on any atom is -0.285 e. The van der Waals surface area contributed by atoms with E-state index in [9.17, 15) is 4.79 Å². The molecule has 5 nitrogen and oxygen atoms in total. The zero-order valence-electron chi connectivity index (χ0n) is 8.51. The number of tetrazole rings is 1. The molecule has 0 saturated carbocycles. The summed E-state index contributed by atoms with van der Waals surface area (Å²) < 4.78 is 1.36. The molecule has 0 bridgehead atoms. The van der Waals surface area contributed by atoms with Crippen LogP contribution in [-0.2, 0) is 7.05 Å². The number of nitrogens with zero attached hydrogens (tertiary/aromatic N) is 4. The first kappa shape index (κ1) is 9.51. The van der Waals surface area contributed by atoms with Gasteiger partial charge in [0.2, 0.25) is 11.6 Å². The highest BCUT2D eigenvalue weighted by Crippen LogP contribution is 2.07. The zero-order valence-corrected chi connectivity index (χ0v) is 8.51. The lowest BCUT2D eigenvalue weighted by atomic mass is 10.1. The van der Waals surface area contributed by atoms with E-state index in [0.717, 1.165) is 5.56 Å². The number of aromatic nitrogens is 4. The van der Waals surface area contributed by atoms with Crippen molar-refractivity contribution in [2.75, 3.05) is 0 Å². The Labute approximate surface area is 86.7 Å². The van der Waals surface area contributed by atoms with Crippen molar-refractivity contribution in [1.82, 2.24) is 20.2 Å². The van der Waals surface area contributed by atoms with Crippen LogP contribution in [-0.4, -0.2) is 26.0 Å². The van der Waals surface area contributed by atoms with Gasteiger partial charge in [0.05, 0.1) is 0 Å². The molecule has 0 saturated heterocycles. The van der Waals surface area contributed by atoms with Crippen LogP contribution < -0.4 is 0 Å². The van der Waals surface area contributed by atoms with Crippen molar-refractivity contribution in [3.63, 3.8) is 0 Å². The van der Waals surface area contributed by atoms with E-state index in [1.54, 1.807) is 19.2 Å². The van der Waals surface area contributed by atoms with Gasteiger partial charge in [0.1, 0.15) is 0 Å². The van der Waals surface area contributed by atoms with Crippen LogP contribution >= 0.6 is 0 Å². The second kappa shape index (κ2) is 3.61. The second-order valence-electron chi connectivity index (χ2n) is 3.32. The number of carbonyl (C=O) groups excluding carboxylic acids is 1. The van der Waals surface area contributed by atoms with Crippen molar-refractivity contribution >= 4 is 5.78 Å². The number of hydrogen-bond acceptors (Lipinski definition) is 4. The Kier molecular flexibility index (Phi) is 2.29. The van der Waals surface area contributed by atoms with Gasteiger partial charge in [-0.1, -0.05) is 29.8 Å². The fourth-order valence-corrected chi connectivity index (χ4v) is 1.26. The van der Waals surface area contributed by atoms with E-state index >= 15 is 0 Å². The summed E-state index contributed by atoms with van der Waals surface area (Å²) in [7, 11) is 1.64. The summed E-state index contributed by atoms with van der Waals surface area (Å²) in [5.74, 6) is 0.0846. The molecule has 0 spiro atoms. The molecule has 2 aromatic rings. The van der Waals surface area contributed by atoms with E-state index in [0.29, 0.717) is 5.56 Å². The summed E-state index contributed by atoms with van der Waals surface area (Å²) in [6.45, 7) is 1.97. The summed E-state index contributed by atoms with van der Waals surface area (Å²) in [6.07, 6.45) is 0. The van der Waals surface area contributed by atoms with Crippen LogP contribution in [0.2, 0.25) is 0 Å². The Hall–Kier alpha value is -2.04. The number of ketones is 1. The molecular formula is C10H10N4O. The third-order valence-electron chi connectivity index (χ3n) is 2.14. The van der Waals surface area contributed by atoms with Gasteiger partial charge >= 0.3 is 0 Å². The van der Waals surface area contributed by atoms with Gasteiger partial charge < -0.3 is 0 Å². The van der Waals surface area contributed by atoms with E-state index in [4.69, 9.17) is 0 Å². The van der Waals surface area contributed by atoms with Gasteiger partial charge in [-0.25, -0.2) is 4.68 Å². The molecule has 0 radical (unpaired) electrons. The van der Waals surface area contributed by atoms with Crippen molar-refractivity contribution in [3.8, 4) is 0 Å². The molecule has 1 aromatic heterocycles. The van der Waals surface area contributed by atoms with E-state index in [1.807, 2.05) is 19.1 Å². The number of rotatable bonds is 2. The van der Waals surface area contributed by atoms with Gasteiger partial charge in [0, 0.05) is 12.6 Å². The summed E-state index contributed by atoms with van der Waals surface area (Å²) in [5.41, 5.74) is 1.71. The Morgan fingerprint density at radius 1 is 1.27 bits per heavy atom. The van der Waals surface area contributed by atoms with Gasteiger partial charge in [-0.3, -0.25) is 4.79 Å². The van der Waals surface area contributed by atoms with Crippen molar-refractivity contribution in [1.29, 1.82) is 0 Å². The van der Waals surface area contributed by atoms with Crippen molar-refractivity contribution in [2.24, 2.45) is 7.05 Å². The molecule has 0 aliphatic rings. The normalized spacial score (nSPS) is 10.3. The molecule has 76 valence electrons. The molecule has 15 heavy (non-hydrogen) atoms. The maximum absolute atomic E-state index is 11.9. The Balaban J connectivity index is 2.37. The third kappa shape index (κ3) is 1.76. The predicted molar refractivity (Wildman–Crippen MR) is 53.4 cm³/mol. The Morgan fingerprint density at radius 2 is 1.93 bits per heavy atom. The minimum atomic E-state index is -0.164. The van der Waals surface area contributed by atoms with E-state index in [-0.39, 0.29) is 11.6 Å². The smallest absolute Gasteiger partial charge is 0.231 e. The van der Waals surface area contributed by atoms with Crippen molar-refractivity contribution in [2.45, 2.75) is 6.92 Å². The molecule has 0 atom stereocenters. The summed E-state index contributed by atoms with van der Waals surface area (Å²) >= 11 is 0. The van der Waals surface area contributed by atoms with Crippen molar-refractivity contribution in [3.05, 3.63) is 41.2 Å². The molecule has 0 aliphatic heterocycles. The molecular weight excluding hydrogens is 192 g/mol. The predicted octanol–water partition coefficient (Wildman–Crippen LogP) is 0.750. The molecule has 1 aromatic carbocycles. The van der Waals surface area contributed by atoms with Crippen LogP contribution in [0.15, 0.2) is 24.3 Å². The number of aryl methyl sites for hydroxylation is 2. The van der Waals surface area contributed by atoms with Gasteiger partial charge in [0.25, 0.3) is 0 Å². The molecule has 5 heteroatoms. The number of benzene rings is 1. The highest BCUT2D eigenvalue weighted by atomic mass is 16.1. The van der Waals surface area contributed by atoms with Gasteiger partial charge in [-0.2, -0.15) is 0 Å². The van der Waals surface area contributed by atoms with Crippen LogP contribution in [0.1, 0.15) is 21.7 Å². The number of hydrogen-bond donors (Lipinski definition) is 0. The zero-order chi connectivity index (χ0) is 10.8. The SMILES string of the molecule is Cc1ccc(C(=O)c2nnnn2C)cc1. The average molecular weight is 202 g/mol. The molecule has 0 N–H and O–H groups in total. The number of carbonyl (C=O) groups is 1. The highest BCUT2D eigenvalue weighted by Gasteiger charge is 2.14. The fraction of sp³-hybridized carbons (Fsp3) is 0.200. The average Bonchev–Trinajstić information content (AvgIpc) is 2.65. The lowest BCUT2D eigenvalue weighted by Crippen LogP contribution is -2.09. The van der Waals surface area contributed by atoms with Crippen LogP contribution in [0.5, 0.6) is 0 Å². The Bertz CT molecular complexity index is 486. The van der Waals surface area contributed by atoms with Crippen molar-refractivity contribution < 1.29 is 4.79 Å². The van der Waals surface area contributed by atoms with Crippen LogP contribution in [0.4, 0.5) is 0 Å². The summed E-state index contributed by atoms with van der Waals surface area (Å²) in [4.78, 5) is 11.9. The maximum atomic E-state index is 11.9. The first-order chi connectivity index (χ1) is 7.18. The molecule has 0 aliphatic carbocycles. The topological polar surface area (TPSA) is 60.7 Å². The summed E-state index contributed by atoms with van der Waals surface area (Å²) in [5, 5.41) is 10.7. The van der Waals surface area contributed by atoms with Gasteiger partial charge in [0.15, 0.2) is 0 Å². The molecule has 0 fully saturated rings. The van der Waals surface area contributed by atoms with Crippen LogP contribution in [0.3, 0.4) is 0 Å². The van der Waals surface area contributed by atoms with Crippen LogP contribution in [0.25, 0.3) is 0 Å². The van der Waals surface area contributed by atoms with Crippen LogP contribution in [0, 0.1) is 6.92 Å².